The van der Waals surface area contributed by atoms with Gasteiger partial charge in [0.15, 0.2) is 0 Å². The van der Waals surface area contributed by atoms with Crippen LogP contribution in [0.3, 0.4) is 0 Å². The minimum absolute atomic E-state index is 0.149. The van der Waals surface area contributed by atoms with E-state index in [0.717, 1.165) is 12.2 Å². The zero-order chi connectivity index (χ0) is 13.8. The van der Waals surface area contributed by atoms with Gasteiger partial charge < -0.3 is 10.0 Å². The van der Waals surface area contributed by atoms with Crippen LogP contribution in [0.2, 0.25) is 0 Å². The first-order valence-corrected chi connectivity index (χ1v) is 6.42. The lowest BCUT2D eigenvalue weighted by Gasteiger charge is -2.24. The largest absolute Gasteiger partial charge is 0.481 e. The summed E-state index contributed by atoms with van der Waals surface area (Å²) in [7, 11) is 0. The Morgan fingerprint density at radius 1 is 1.22 bits per heavy atom. The third-order valence-electron chi connectivity index (χ3n) is 3.08. The molecule has 3 heteroatoms. The molecule has 1 N–H and O–H groups in total. The molecule has 0 spiro atoms. The molecule has 0 fully saturated rings. The fourth-order valence-corrected chi connectivity index (χ4v) is 1.87. The first kappa shape index (κ1) is 14.6. The van der Waals surface area contributed by atoms with E-state index in [2.05, 4.69) is 49.9 Å². The lowest BCUT2D eigenvalue weighted by atomic mass is 9.87. The van der Waals surface area contributed by atoms with Crippen LogP contribution in [0.4, 0.5) is 5.69 Å². The third-order valence-corrected chi connectivity index (χ3v) is 3.08. The highest BCUT2D eigenvalue weighted by atomic mass is 16.4. The van der Waals surface area contributed by atoms with Crippen LogP contribution in [-0.2, 0) is 10.2 Å². The number of hydrogen-bond donors (Lipinski definition) is 1. The second-order valence-electron chi connectivity index (χ2n) is 5.52. The molecule has 0 atom stereocenters. The van der Waals surface area contributed by atoms with Crippen molar-refractivity contribution >= 4 is 11.7 Å². The average molecular weight is 249 g/mol. The van der Waals surface area contributed by atoms with Gasteiger partial charge in [0, 0.05) is 18.8 Å². The van der Waals surface area contributed by atoms with Crippen molar-refractivity contribution in [3.63, 3.8) is 0 Å². The Labute approximate surface area is 109 Å². The van der Waals surface area contributed by atoms with Gasteiger partial charge in [-0.1, -0.05) is 32.9 Å². The Morgan fingerprint density at radius 3 is 2.17 bits per heavy atom. The van der Waals surface area contributed by atoms with E-state index in [9.17, 15) is 4.79 Å². The van der Waals surface area contributed by atoms with Crippen molar-refractivity contribution in [3.05, 3.63) is 29.8 Å². The number of hydrogen-bond acceptors (Lipinski definition) is 2. The number of nitrogens with zero attached hydrogens (tertiary/aromatic N) is 1. The molecule has 0 aliphatic rings. The van der Waals surface area contributed by atoms with Gasteiger partial charge in [-0.3, -0.25) is 4.79 Å². The Kier molecular flexibility index (Phi) is 4.76. The molecule has 0 aromatic heterocycles. The second kappa shape index (κ2) is 5.89. The Bertz CT molecular complexity index is 390. The average Bonchev–Trinajstić information content (AvgIpc) is 2.29. The molecule has 0 heterocycles. The first-order chi connectivity index (χ1) is 8.34. The summed E-state index contributed by atoms with van der Waals surface area (Å²) in [6.07, 6.45) is 0.175. The normalized spacial score (nSPS) is 11.3. The molecule has 0 aliphatic carbocycles. The minimum Gasteiger partial charge on any atom is -0.481 e. The van der Waals surface area contributed by atoms with E-state index in [0.29, 0.717) is 6.54 Å². The fourth-order valence-electron chi connectivity index (χ4n) is 1.87. The number of anilines is 1. The van der Waals surface area contributed by atoms with E-state index in [4.69, 9.17) is 5.11 Å². The van der Waals surface area contributed by atoms with Crippen LogP contribution in [-0.4, -0.2) is 24.2 Å². The molecular formula is C15H23NO2. The highest BCUT2D eigenvalue weighted by Crippen LogP contribution is 2.24. The zero-order valence-corrected chi connectivity index (χ0v) is 11.7. The summed E-state index contributed by atoms with van der Waals surface area (Å²) in [5.74, 6) is -0.750. The molecule has 0 radical (unpaired) electrons. The molecule has 1 aromatic rings. The number of carbonyl (C=O) groups is 1. The molecule has 1 aromatic carbocycles. The van der Waals surface area contributed by atoms with E-state index in [1.54, 1.807) is 0 Å². The number of carboxylic acids is 1. The van der Waals surface area contributed by atoms with Crippen molar-refractivity contribution in [2.45, 2.75) is 39.5 Å². The van der Waals surface area contributed by atoms with Gasteiger partial charge in [-0.2, -0.15) is 0 Å². The smallest absolute Gasteiger partial charge is 0.305 e. The maximum Gasteiger partial charge on any atom is 0.305 e. The summed E-state index contributed by atoms with van der Waals surface area (Å²) in [5, 5.41) is 8.73. The fraction of sp³-hybridized carbons (Fsp3) is 0.533. The van der Waals surface area contributed by atoms with Gasteiger partial charge in [-0.25, -0.2) is 0 Å². The molecule has 0 amide bonds. The standard InChI is InChI=1S/C15H23NO2/c1-5-16(11-10-14(17)18)13-8-6-12(7-9-13)15(2,3)4/h6-9H,5,10-11H2,1-4H3,(H,17,18). The van der Waals surface area contributed by atoms with Crippen LogP contribution >= 0.6 is 0 Å². The zero-order valence-electron chi connectivity index (χ0n) is 11.7. The van der Waals surface area contributed by atoms with Crippen molar-refractivity contribution < 1.29 is 9.90 Å². The topological polar surface area (TPSA) is 40.5 Å². The van der Waals surface area contributed by atoms with Crippen molar-refractivity contribution in [1.29, 1.82) is 0 Å². The molecule has 100 valence electrons. The van der Waals surface area contributed by atoms with E-state index in [1.165, 1.54) is 5.56 Å². The molecule has 18 heavy (non-hydrogen) atoms. The second-order valence-corrected chi connectivity index (χ2v) is 5.52. The summed E-state index contributed by atoms with van der Waals surface area (Å²) in [4.78, 5) is 12.7. The predicted molar refractivity (Wildman–Crippen MR) is 75.3 cm³/mol. The third kappa shape index (κ3) is 4.06. The summed E-state index contributed by atoms with van der Waals surface area (Å²) < 4.78 is 0. The quantitative estimate of drug-likeness (QED) is 0.870. The predicted octanol–water partition coefficient (Wildman–Crippen LogP) is 3.29. The Morgan fingerprint density at radius 2 is 1.78 bits per heavy atom. The van der Waals surface area contributed by atoms with Crippen molar-refractivity contribution in [3.8, 4) is 0 Å². The van der Waals surface area contributed by atoms with Gasteiger partial charge in [-0.15, -0.1) is 0 Å². The highest BCUT2D eigenvalue weighted by molar-refractivity contribution is 5.67. The summed E-state index contributed by atoms with van der Waals surface area (Å²) >= 11 is 0. The van der Waals surface area contributed by atoms with Crippen molar-refractivity contribution in [2.24, 2.45) is 0 Å². The molecule has 0 aliphatic heterocycles. The van der Waals surface area contributed by atoms with Crippen LogP contribution < -0.4 is 4.90 Å². The number of aliphatic carboxylic acids is 1. The number of carboxylic acid groups (broad SMARTS) is 1. The molecule has 0 saturated carbocycles. The lowest BCUT2D eigenvalue weighted by Crippen LogP contribution is -2.25. The van der Waals surface area contributed by atoms with Gasteiger partial charge in [-0.05, 0) is 30.0 Å². The maximum atomic E-state index is 10.6. The monoisotopic (exact) mass is 249 g/mol. The van der Waals surface area contributed by atoms with Crippen LogP contribution in [0.1, 0.15) is 39.7 Å². The number of benzene rings is 1. The molecule has 3 nitrogen and oxygen atoms in total. The van der Waals surface area contributed by atoms with Crippen LogP contribution in [0, 0.1) is 0 Å². The minimum atomic E-state index is -0.750. The lowest BCUT2D eigenvalue weighted by molar-refractivity contribution is -0.136. The van der Waals surface area contributed by atoms with Crippen molar-refractivity contribution in [2.75, 3.05) is 18.0 Å². The molecule has 0 unspecified atom stereocenters. The van der Waals surface area contributed by atoms with Gasteiger partial charge in [0.05, 0.1) is 6.42 Å². The SMILES string of the molecule is CCN(CCC(=O)O)c1ccc(C(C)(C)C)cc1. The van der Waals surface area contributed by atoms with Crippen molar-refractivity contribution in [1.82, 2.24) is 0 Å². The summed E-state index contributed by atoms with van der Waals surface area (Å²) in [6, 6.07) is 8.40. The number of rotatable bonds is 5. The van der Waals surface area contributed by atoms with Crippen LogP contribution in [0.15, 0.2) is 24.3 Å². The van der Waals surface area contributed by atoms with E-state index in [1.807, 2.05) is 6.92 Å². The summed E-state index contributed by atoms with van der Waals surface area (Å²) in [6.45, 7) is 9.97. The Hall–Kier alpha value is -1.51. The molecule has 0 saturated heterocycles. The van der Waals surface area contributed by atoms with Gasteiger partial charge in [0.1, 0.15) is 0 Å². The van der Waals surface area contributed by atoms with E-state index < -0.39 is 5.97 Å². The van der Waals surface area contributed by atoms with Gasteiger partial charge in [0.25, 0.3) is 0 Å². The van der Waals surface area contributed by atoms with Crippen LogP contribution in [0.5, 0.6) is 0 Å². The van der Waals surface area contributed by atoms with Gasteiger partial charge in [0.2, 0.25) is 0 Å². The highest BCUT2D eigenvalue weighted by Gasteiger charge is 2.14. The van der Waals surface area contributed by atoms with Crippen LogP contribution in [0.25, 0.3) is 0 Å². The Balaban J connectivity index is 2.79. The molecule has 0 bridgehead atoms. The van der Waals surface area contributed by atoms with E-state index >= 15 is 0 Å². The maximum absolute atomic E-state index is 10.6. The van der Waals surface area contributed by atoms with E-state index in [-0.39, 0.29) is 11.8 Å². The molecular weight excluding hydrogens is 226 g/mol. The first-order valence-electron chi connectivity index (χ1n) is 6.42. The van der Waals surface area contributed by atoms with Gasteiger partial charge >= 0.3 is 5.97 Å². The molecule has 1 rings (SSSR count). The summed E-state index contributed by atoms with van der Waals surface area (Å²) in [5.41, 5.74) is 2.53.